The van der Waals surface area contributed by atoms with E-state index in [2.05, 4.69) is 30.4 Å². The summed E-state index contributed by atoms with van der Waals surface area (Å²) >= 11 is 0. The number of rotatable bonds is 4. The highest BCUT2D eigenvalue weighted by Gasteiger charge is 2.10. The molecule has 1 amide bonds. The summed E-state index contributed by atoms with van der Waals surface area (Å²) in [5.74, 6) is -0.341. The summed E-state index contributed by atoms with van der Waals surface area (Å²) in [7, 11) is 0. The van der Waals surface area contributed by atoms with Gasteiger partial charge in [0.2, 0.25) is 5.91 Å². The van der Waals surface area contributed by atoms with Crippen LogP contribution in [0.25, 0.3) is 10.8 Å². The second-order valence-electron chi connectivity index (χ2n) is 4.69. The number of carbonyl (C=O) groups is 1. The van der Waals surface area contributed by atoms with Crippen molar-refractivity contribution in [3.05, 3.63) is 47.5 Å². The van der Waals surface area contributed by atoms with Gasteiger partial charge in [0.15, 0.2) is 0 Å². The molecule has 4 heteroatoms. The fourth-order valence-corrected chi connectivity index (χ4v) is 1.93. The first kappa shape index (κ1) is 13.5. The summed E-state index contributed by atoms with van der Waals surface area (Å²) in [5.41, 5.74) is 7.66. The Kier molecular flexibility index (Phi) is 4.14. The van der Waals surface area contributed by atoms with Crippen LogP contribution in [0.2, 0.25) is 0 Å². The molecule has 1 atom stereocenters. The average Bonchev–Trinajstić information content (AvgIpc) is 2.43. The van der Waals surface area contributed by atoms with Crippen molar-refractivity contribution in [1.29, 1.82) is 0 Å². The Hall–Kier alpha value is -1.91. The van der Waals surface area contributed by atoms with Gasteiger partial charge in [0.05, 0.1) is 6.61 Å². The van der Waals surface area contributed by atoms with Gasteiger partial charge in [0.1, 0.15) is 6.04 Å². The molecule has 0 bridgehead atoms. The third-order valence-corrected chi connectivity index (χ3v) is 3.06. The number of aliphatic hydroxyl groups excluding tert-OH is 1. The Morgan fingerprint density at radius 2 is 1.95 bits per heavy atom. The van der Waals surface area contributed by atoms with Crippen molar-refractivity contribution in [3.63, 3.8) is 0 Å². The summed E-state index contributed by atoms with van der Waals surface area (Å²) in [4.78, 5) is 11.5. The first-order valence-corrected chi connectivity index (χ1v) is 6.23. The van der Waals surface area contributed by atoms with Gasteiger partial charge in [0, 0.05) is 6.54 Å². The molecular formula is C15H18N2O2. The highest BCUT2D eigenvalue weighted by atomic mass is 16.3. The second-order valence-corrected chi connectivity index (χ2v) is 4.69. The summed E-state index contributed by atoms with van der Waals surface area (Å²) < 4.78 is 0. The molecule has 100 valence electrons. The van der Waals surface area contributed by atoms with Crippen molar-refractivity contribution in [2.24, 2.45) is 5.73 Å². The van der Waals surface area contributed by atoms with Crippen LogP contribution in [0.3, 0.4) is 0 Å². The second kappa shape index (κ2) is 5.82. The van der Waals surface area contributed by atoms with Crippen LogP contribution in [0.1, 0.15) is 11.1 Å². The zero-order chi connectivity index (χ0) is 13.8. The Balaban J connectivity index is 2.09. The van der Waals surface area contributed by atoms with Crippen molar-refractivity contribution >= 4 is 16.7 Å². The highest BCUT2D eigenvalue weighted by molar-refractivity contribution is 5.84. The summed E-state index contributed by atoms with van der Waals surface area (Å²) in [6.45, 7) is 2.13. The van der Waals surface area contributed by atoms with Gasteiger partial charge >= 0.3 is 0 Å². The minimum absolute atomic E-state index is 0.341. The molecule has 0 aliphatic heterocycles. The third kappa shape index (κ3) is 3.30. The van der Waals surface area contributed by atoms with Gasteiger partial charge in [-0.15, -0.1) is 0 Å². The molecule has 0 aliphatic rings. The van der Waals surface area contributed by atoms with Crippen molar-refractivity contribution in [2.45, 2.75) is 19.5 Å². The molecule has 0 aromatic heterocycles. The minimum Gasteiger partial charge on any atom is -0.394 e. The van der Waals surface area contributed by atoms with E-state index in [9.17, 15) is 4.79 Å². The predicted octanol–water partition coefficient (Wildman–Crippen LogP) is 1.08. The SMILES string of the molecule is Cc1ccc2cc(CNC(=O)C(N)CO)ccc2c1. The Bertz CT molecular complexity index is 596. The molecule has 2 aromatic rings. The maximum absolute atomic E-state index is 11.5. The quantitative estimate of drug-likeness (QED) is 0.768. The van der Waals surface area contributed by atoms with Crippen LogP contribution in [0.5, 0.6) is 0 Å². The third-order valence-electron chi connectivity index (χ3n) is 3.06. The number of hydrogen-bond acceptors (Lipinski definition) is 3. The number of nitrogens with two attached hydrogens (primary N) is 1. The fourth-order valence-electron chi connectivity index (χ4n) is 1.93. The van der Waals surface area contributed by atoms with Crippen molar-refractivity contribution in [1.82, 2.24) is 5.32 Å². The molecule has 0 saturated carbocycles. The molecule has 0 spiro atoms. The number of amides is 1. The van der Waals surface area contributed by atoms with E-state index < -0.39 is 6.04 Å². The maximum atomic E-state index is 11.5. The molecule has 19 heavy (non-hydrogen) atoms. The predicted molar refractivity (Wildman–Crippen MR) is 75.6 cm³/mol. The Labute approximate surface area is 112 Å². The van der Waals surface area contributed by atoms with E-state index in [1.165, 1.54) is 10.9 Å². The van der Waals surface area contributed by atoms with E-state index in [4.69, 9.17) is 10.8 Å². The minimum atomic E-state index is -0.858. The van der Waals surface area contributed by atoms with Gasteiger partial charge in [-0.25, -0.2) is 0 Å². The van der Waals surface area contributed by atoms with Gasteiger partial charge in [0.25, 0.3) is 0 Å². The van der Waals surface area contributed by atoms with Crippen LogP contribution >= 0.6 is 0 Å². The molecule has 2 aromatic carbocycles. The standard InChI is InChI=1S/C15H18N2O2/c1-10-2-4-13-7-11(3-5-12(13)6-10)8-17-15(19)14(16)9-18/h2-7,14,18H,8-9,16H2,1H3,(H,17,19). The van der Waals surface area contributed by atoms with E-state index in [1.54, 1.807) is 0 Å². The lowest BCUT2D eigenvalue weighted by Crippen LogP contribution is -2.42. The van der Waals surface area contributed by atoms with E-state index >= 15 is 0 Å². The van der Waals surface area contributed by atoms with Crippen LogP contribution in [-0.4, -0.2) is 23.7 Å². The molecule has 2 rings (SSSR count). The lowest BCUT2D eigenvalue weighted by atomic mass is 10.0. The topological polar surface area (TPSA) is 75.4 Å². The number of hydrogen-bond donors (Lipinski definition) is 3. The maximum Gasteiger partial charge on any atom is 0.239 e. The molecule has 1 unspecified atom stereocenters. The van der Waals surface area contributed by atoms with Crippen LogP contribution in [0, 0.1) is 6.92 Å². The van der Waals surface area contributed by atoms with Gasteiger partial charge < -0.3 is 16.2 Å². The number of carbonyl (C=O) groups excluding carboxylic acids is 1. The van der Waals surface area contributed by atoms with Gasteiger partial charge in [-0.3, -0.25) is 4.79 Å². The van der Waals surface area contributed by atoms with E-state index in [-0.39, 0.29) is 12.5 Å². The monoisotopic (exact) mass is 258 g/mol. The number of benzene rings is 2. The first-order valence-electron chi connectivity index (χ1n) is 6.23. The molecular weight excluding hydrogens is 240 g/mol. The van der Waals surface area contributed by atoms with Crippen LogP contribution < -0.4 is 11.1 Å². The molecule has 4 nitrogen and oxygen atoms in total. The zero-order valence-electron chi connectivity index (χ0n) is 10.9. The largest absolute Gasteiger partial charge is 0.394 e. The number of nitrogens with one attached hydrogen (secondary N) is 1. The number of aliphatic hydroxyl groups is 1. The van der Waals surface area contributed by atoms with Crippen molar-refractivity contribution in [3.8, 4) is 0 Å². The molecule has 0 fully saturated rings. The lowest BCUT2D eigenvalue weighted by molar-refractivity contribution is -0.123. The Morgan fingerprint density at radius 3 is 2.68 bits per heavy atom. The first-order chi connectivity index (χ1) is 9.10. The number of aryl methyl sites for hydroxylation is 1. The Morgan fingerprint density at radius 1 is 1.26 bits per heavy atom. The lowest BCUT2D eigenvalue weighted by Gasteiger charge is -2.10. The molecule has 0 saturated heterocycles. The summed E-state index contributed by atoms with van der Waals surface area (Å²) in [6, 6.07) is 11.5. The van der Waals surface area contributed by atoms with Gasteiger partial charge in [-0.2, -0.15) is 0 Å². The van der Waals surface area contributed by atoms with Crippen molar-refractivity contribution in [2.75, 3.05) is 6.61 Å². The van der Waals surface area contributed by atoms with Crippen LogP contribution in [-0.2, 0) is 11.3 Å². The van der Waals surface area contributed by atoms with E-state index in [0.29, 0.717) is 6.54 Å². The van der Waals surface area contributed by atoms with Gasteiger partial charge in [-0.05, 0) is 29.3 Å². The number of fused-ring (bicyclic) bond motifs is 1. The zero-order valence-corrected chi connectivity index (χ0v) is 10.9. The molecule has 0 radical (unpaired) electrons. The van der Waals surface area contributed by atoms with E-state index in [0.717, 1.165) is 10.9 Å². The average molecular weight is 258 g/mol. The van der Waals surface area contributed by atoms with E-state index in [1.807, 2.05) is 18.2 Å². The summed E-state index contributed by atoms with van der Waals surface area (Å²) in [5, 5.41) is 13.8. The van der Waals surface area contributed by atoms with Gasteiger partial charge in [-0.1, -0.05) is 35.9 Å². The smallest absolute Gasteiger partial charge is 0.239 e. The molecule has 4 N–H and O–H groups in total. The molecule has 0 heterocycles. The molecule has 0 aliphatic carbocycles. The summed E-state index contributed by atoms with van der Waals surface area (Å²) in [6.07, 6.45) is 0. The fraction of sp³-hybridized carbons (Fsp3) is 0.267. The van der Waals surface area contributed by atoms with Crippen LogP contribution in [0.4, 0.5) is 0 Å². The van der Waals surface area contributed by atoms with Crippen molar-refractivity contribution < 1.29 is 9.90 Å². The normalized spacial score (nSPS) is 12.4. The highest BCUT2D eigenvalue weighted by Crippen LogP contribution is 2.17. The van der Waals surface area contributed by atoms with Crippen LogP contribution in [0.15, 0.2) is 36.4 Å².